The Balaban J connectivity index is 1.26. The van der Waals surface area contributed by atoms with E-state index >= 15 is 0 Å². The summed E-state index contributed by atoms with van der Waals surface area (Å²) in [5, 5.41) is 4.88. The summed E-state index contributed by atoms with van der Waals surface area (Å²) in [7, 11) is 0. The molecule has 34 heavy (non-hydrogen) atoms. The summed E-state index contributed by atoms with van der Waals surface area (Å²) in [5.74, 6) is -0.262. The number of hydrogen-bond acceptors (Lipinski definition) is 3. The summed E-state index contributed by atoms with van der Waals surface area (Å²) in [5.41, 5.74) is 2.25. The molecule has 0 radical (unpaired) electrons. The SMILES string of the molecule is O=C1N/C(=C/c2ccc(OCc3cccc4ccccc34)cc2)C(=O)N1Cc1ccccc1F. The van der Waals surface area contributed by atoms with Crippen molar-refractivity contribution in [2.45, 2.75) is 13.2 Å². The normalized spacial score (nSPS) is 14.6. The van der Waals surface area contributed by atoms with Crippen molar-refractivity contribution in [1.82, 2.24) is 10.2 Å². The molecular formula is C28H21FN2O3. The minimum atomic E-state index is -0.574. The Morgan fingerprint density at radius 3 is 2.35 bits per heavy atom. The van der Waals surface area contributed by atoms with Crippen molar-refractivity contribution in [3.63, 3.8) is 0 Å². The maximum absolute atomic E-state index is 13.9. The highest BCUT2D eigenvalue weighted by molar-refractivity contribution is 6.13. The van der Waals surface area contributed by atoms with E-state index in [0.717, 1.165) is 26.8 Å². The Hall–Kier alpha value is -4.45. The molecular weight excluding hydrogens is 431 g/mol. The van der Waals surface area contributed by atoms with Crippen LogP contribution in [-0.2, 0) is 17.9 Å². The minimum Gasteiger partial charge on any atom is -0.489 e. The van der Waals surface area contributed by atoms with Crippen LogP contribution in [0.15, 0.2) is 96.7 Å². The Morgan fingerprint density at radius 1 is 0.824 bits per heavy atom. The third kappa shape index (κ3) is 4.38. The van der Waals surface area contributed by atoms with Gasteiger partial charge in [-0.1, -0.05) is 72.8 Å². The van der Waals surface area contributed by atoms with Gasteiger partial charge >= 0.3 is 6.03 Å². The number of benzene rings is 4. The van der Waals surface area contributed by atoms with E-state index in [-0.39, 0.29) is 17.8 Å². The van der Waals surface area contributed by atoms with E-state index in [4.69, 9.17) is 4.74 Å². The lowest BCUT2D eigenvalue weighted by molar-refractivity contribution is -0.123. The predicted octanol–water partition coefficient (Wildman–Crippen LogP) is 5.65. The van der Waals surface area contributed by atoms with E-state index in [1.54, 1.807) is 24.3 Å². The molecule has 0 bridgehead atoms. The lowest BCUT2D eigenvalue weighted by Gasteiger charge is -2.12. The molecule has 3 amide bonds. The molecule has 1 aliphatic rings. The van der Waals surface area contributed by atoms with Crippen LogP contribution >= 0.6 is 0 Å². The van der Waals surface area contributed by atoms with Gasteiger partial charge in [-0.15, -0.1) is 0 Å². The Labute approximate surface area is 196 Å². The molecule has 1 aliphatic heterocycles. The molecule has 6 heteroatoms. The lowest BCUT2D eigenvalue weighted by atomic mass is 10.1. The summed E-state index contributed by atoms with van der Waals surface area (Å²) in [4.78, 5) is 26.0. The van der Waals surface area contributed by atoms with Crippen molar-refractivity contribution in [2.24, 2.45) is 0 Å². The highest BCUT2D eigenvalue weighted by Gasteiger charge is 2.33. The van der Waals surface area contributed by atoms with E-state index < -0.39 is 17.8 Å². The molecule has 0 atom stereocenters. The average molecular weight is 452 g/mol. The monoisotopic (exact) mass is 452 g/mol. The third-order valence-electron chi connectivity index (χ3n) is 5.71. The van der Waals surface area contributed by atoms with Gasteiger partial charge in [0.2, 0.25) is 0 Å². The van der Waals surface area contributed by atoms with Gasteiger partial charge in [-0.3, -0.25) is 9.69 Å². The van der Waals surface area contributed by atoms with E-state index in [1.807, 2.05) is 48.5 Å². The zero-order chi connectivity index (χ0) is 23.5. The van der Waals surface area contributed by atoms with Crippen LogP contribution in [0.25, 0.3) is 16.8 Å². The van der Waals surface area contributed by atoms with E-state index in [1.165, 1.54) is 6.07 Å². The number of halogens is 1. The molecule has 4 aromatic carbocycles. The molecule has 1 heterocycles. The molecule has 1 N–H and O–H groups in total. The van der Waals surface area contributed by atoms with Gasteiger partial charge in [-0.05, 0) is 46.2 Å². The lowest BCUT2D eigenvalue weighted by Crippen LogP contribution is -2.30. The van der Waals surface area contributed by atoms with E-state index in [0.29, 0.717) is 12.4 Å². The summed E-state index contributed by atoms with van der Waals surface area (Å²) >= 11 is 0. The highest BCUT2D eigenvalue weighted by Crippen LogP contribution is 2.22. The first kappa shape index (κ1) is 21.4. The Bertz CT molecular complexity index is 1410. The Morgan fingerprint density at radius 2 is 1.53 bits per heavy atom. The summed E-state index contributed by atoms with van der Waals surface area (Å²) in [6.45, 7) is 0.303. The highest BCUT2D eigenvalue weighted by atomic mass is 19.1. The second kappa shape index (κ2) is 9.19. The van der Waals surface area contributed by atoms with Crippen LogP contribution in [0.3, 0.4) is 0 Å². The number of nitrogens with one attached hydrogen (secondary N) is 1. The number of rotatable bonds is 6. The van der Waals surface area contributed by atoms with Gasteiger partial charge < -0.3 is 10.1 Å². The van der Waals surface area contributed by atoms with Gasteiger partial charge in [0.25, 0.3) is 5.91 Å². The van der Waals surface area contributed by atoms with Crippen molar-refractivity contribution in [3.8, 4) is 5.75 Å². The van der Waals surface area contributed by atoms with Gasteiger partial charge in [0.15, 0.2) is 0 Å². The maximum Gasteiger partial charge on any atom is 0.329 e. The number of carbonyl (C=O) groups is 2. The first-order valence-electron chi connectivity index (χ1n) is 10.9. The molecule has 0 unspecified atom stereocenters. The number of imide groups is 1. The standard InChI is InChI=1S/C28H21FN2O3/c29-25-11-4-2-7-21(25)17-31-27(32)26(30-28(31)33)16-19-12-14-23(15-13-19)34-18-22-9-5-8-20-6-1-3-10-24(20)22/h1-16H,17-18H2,(H,30,33)/b26-16+. The van der Waals surface area contributed by atoms with Crippen LogP contribution in [0.5, 0.6) is 5.75 Å². The molecule has 5 nitrogen and oxygen atoms in total. The molecule has 0 spiro atoms. The molecule has 0 aliphatic carbocycles. The van der Waals surface area contributed by atoms with Crippen LogP contribution < -0.4 is 10.1 Å². The minimum absolute atomic E-state index is 0.129. The zero-order valence-electron chi connectivity index (χ0n) is 18.2. The fourth-order valence-electron chi connectivity index (χ4n) is 3.92. The zero-order valence-corrected chi connectivity index (χ0v) is 18.2. The number of amides is 3. The Kier molecular flexibility index (Phi) is 5.79. The molecule has 4 aromatic rings. The molecule has 0 aromatic heterocycles. The number of urea groups is 1. The van der Waals surface area contributed by atoms with Gasteiger partial charge in [0, 0.05) is 5.56 Å². The molecule has 168 valence electrons. The smallest absolute Gasteiger partial charge is 0.329 e. The number of fused-ring (bicyclic) bond motifs is 1. The number of carbonyl (C=O) groups excluding carboxylic acids is 2. The number of hydrogen-bond donors (Lipinski definition) is 1. The summed E-state index contributed by atoms with van der Waals surface area (Å²) < 4.78 is 19.9. The van der Waals surface area contributed by atoms with Gasteiger partial charge in [0.05, 0.1) is 6.54 Å². The van der Waals surface area contributed by atoms with Crippen LogP contribution in [0.1, 0.15) is 16.7 Å². The third-order valence-corrected chi connectivity index (χ3v) is 5.71. The van der Waals surface area contributed by atoms with Crippen LogP contribution in [0.2, 0.25) is 0 Å². The molecule has 0 saturated carbocycles. The van der Waals surface area contributed by atoms with E-state index in [2.05, 4.69) is 23.5 Å². The topological polar surface area (TPSA) is 58.6 Å². The second-order valence-corrected chi connectivity index (χ2v) is 7.97. The quantitative estimate of drug-likeness (QED) is 0.304. The van der Waals surface area contributed by atoms with Crippen molar-refractivity contribution in [1.29, 1.82) is 0 Å². The number of nitrogens with zero attached hydrogens (tertiary/aromatic N) is 1. The molecule has 5 rings (SSSR count). The van der Waals surface area contributed by atoms with Gasteiger partial charge in [-0.2, -0.15) is 0 Å². The van der Waals surface area contributed by atoms with Crippen molar-refractivity contribution in [2.75, 3.05) is 0 Å². The average Bonchev–Trinajstić information content (AvgIpc) is 3.12. The summed E-state index contributed by atoms with van der Waals surface area (Å²) in [6, 6.07) is 27.0. The first-order chi connectivity index (χ1) is 16.6. The van der Waals surface area contributed by atoms with Crippen molar-refractivity contribution >= 4 is 28.8 Å². The first-order valence-corrected chi connectivity index (χ1v) is 10.9. The van der Waals surface area contributed by atoms with Crippen molar-refractivity contribution < 1.29 is 18.7 Å². The van der Waals surface area contributed by atoms with E-state index in [9.17, 15) is 14.0 Å². The van der Waals surface area contributed by atoms with Crippen LogP contribution in [0, 0.1) is 5.82 Å². The second-order valence-electron chi connectivity index (χ2n) is 7.97. The fraction of sp³-hybridized carbons (Fsp3) is 0.0714. The predicted molar refractivity (Wildman–Crippen MR) is 128 cm³/mol. The van der Waals surface area contributed by atoms with Gasteiger partial charge in [-0.25, -0.2) is 9.18 Å². The number of ether oxygens (including phenoxy) is 1. The largest absolute Gasteiger partial charge is 0.489 e. The summed E-state index contributed by atoms with van der Waals surface area (Å²) in [6.07, 6.45) is 1.59. The van der Waals surface area contributed by atoms with Crippen LogP contribution in [0.4, 0.5) is 9.18 Å². The molecule has 1 fully saturated rings. The fourth-order valence-corrected chi connectivity index (χ4v) is 3.92. The van der Waals surface area contributed by atoms with Crippen molar-refractivity contribution in [3.05, 3.63) is 119 Å². The van der Waals surface area contributed by atoms with Gasteiger partial charge in [0.1, 0.15) is 23.9 Å². The maximum atomic E-state index is 13.9. The van der Waals surface area contributed by atoms with Crippen LogP contribution in [-0.4, -0.2) is 16.8 Å². The molecule has 1 saturated heterocycles.